The molecule has 4 aromatic rings. The van der Waals surface area contributed by atoms with Crippen molar-refractivity contribution in [3.63, 3.8) is 0 Å². The van der Waals surface area contributed by atoms with Gasteiger partial charge in [-0.05, 0) is 61.2 Å². The molecule has 2 aromatic carbocycles. The molecule has 1 atom stereocenters. The van der Waals surface area contributed by atoms with Gasteiger partial charge in [0.2, 0.25) is 0 Å². The SMILES string of the molecule is COc1cc(/C=C/c2nc3n(n2)CCC[C@]3(C#N)c2ccc(Cl)cc2)ccc1-n1cnc(C)c1. The Hall–Kier alpha value is -3.89. The Balaban J connectivity index is 1.46. The molecule has 1 aliphatic heterocycles. The zero-order chi connectivity index (χ0) is 23.7. The molecule has 0 unspecified atom stereocenters. The van der Waals surface area contributed by atoms with Crippen molar-refractivity contribution in [3.8, 4) is 17.5 Å². The second-order valence-electron chi connectivity index (χ2n) is 8.33. The van der Waals surface area contributed by atoms with Gasteiger partial charge in [-0.1, -0.05) is 35.9 Å². The van der Waals surface area contributed by atoms with Crippen molar-refractivity contribution in [1.29, 1.82) is 5.26 Å². The van der Waals surface area contributed by atoms with Crippen molar-refractivity contribution in [2.75, 3.05) is 7.11 Å². The van der Waals surface area contributed by atoms with E-state index in [1.54, 1.807) is 13.4 Å². The molecule has 3 heterocycles. The molecule has 1 aliphatic rings. The summed E-state index contributed by atoms with van der Waals surface area (Å²) in [6.07, 6.45) is 9.08. The number of hydrogen-bond acceptors (Lipinski definition) is 5. The molecule has 0 N–H and O–H groups in total. The summed E-state index contributed by atoms with van der Waals surface area (Å²) in [7, 11) is 1.65. The highest BCUT2D eigenvalue weighted by Gasteiger charge is 2.42. The van der Waals surface area contributed by atoms with E-state index in [1.165, 1.54) is 0 Å². The number of benzene rings is 2. The molecule has 0 spiro atoms. The van der Waals surface area contributed by atoms with Gasteiger partial charge >= 0.3 is 0 Å². The third kappa shape index (κ3) is 3.87. The molecule has 0 radical (unpaired) electrons. The number of imidazole rings is 1. The van der Waals surface area contributed by atoms with Gasteiger partial charge in [0.15, 0.2) is 11.6 Å². The average Bonchev–Trinajstić information content (AvgIpc) is 3.49. The van der Waals surface area contributed by atoms with Crippen LogP contribution in [0.3, 0.4) is 0 Å². The van der Waals surface area contributed by atoms with Gasteiger partial charge in [0.25, 0.3) is 0 Å². The normalized spacial score (nSPS) is 17.5. The van der Waals surface area contributed by atoms with E-state index in [4.69, 9.17) is 21.3 Å². The number of methoxy groups -OCH3 is 1. The maximum absolute atomic E-state index is 10.2. The summed E-state index contributed by atoms with van der Waals surface area (Å²) in [5.74, 6) is 1.98. The molecule has 0 saturated carbocycles. The molecule has 170 valence electrons. The number of aryl methyl sites for hydroxylation is 2. The summed E-state index contributed by atoms with van der Waals surface area (Å²) in [6, 6.07) is 15.9. The first kappa shape index (κ1) is 21.9. The summed E-state index contributed by atoms with van der Waals surface area (Å²) < 4.78 is 9.39. The Labute approximate surface area is 202 Å². The lowest BCUT2D eigenvalue weighted by atomic mass is 9.75. The highest BCUT2D eigenvalue weighted by atomic mass is 35.5. The Morgan fingerprint density at radius 3 is 2.71 bits per heavy atom. The molecule has 0 saturated heterocycles. The predicted octanol–water partition coefficient (Wildman–Crippen LogP) is 5.21. The molecule has 0 fully saturated rings. The fourth-order valence-electron chi connectivity index (χ4n) is 4.42. The molecular weight excluding hydrogens is 448 g/mol. The van der Waals surface area contributed by atoms with Crippen molar-refractivity contribution < 1.29 is 4.74 Å². The topological polar surface area (TPSA) is 81.5 Å². The van der Waals surface area contributed by atoms with Crippen LogP contribution in [0.25, 0.3) is 17.8 Å². The minimum Gasteiger partial charge on any atom is -0.495 e. The molecule has 0 aliphatic carbocycles. The number of rotatable bonds is 5. The second-order valence-corrected chi connectivity index (χ2v) is 8.77. The molecule has 0 amide bonds. The van der Waals surface area contributed by atoms with Crippen molar-refractivity contribution in [3.05, 3.63) is 88.5 Å². The lowest BCUT2D eigenvalue weighted by Crippen LogP contribution is -2.34. The van der Waals surface area contributed by atoms with Gasteiger partial charge < -0.3 is 9.30 Å². The van der Waals surface area contributed by atoms with Gasteiger partial charge in [-0.2, -0.15) is 10.4 Å². The highest BCUT2D eigenvalue weighted by Crippen LogP contribution is 2.39. The quantitative estimate of drug-likeness (QED) is 0.400. The number of nitrogens with zero attached hydrogens (tertiary/aromatic N) is 6. The standard InChI is InChI=1S/C26H23ClN6O/c1-18-15-32(17-29-18)22-10-4-19(14-23(22)34-2)5-11-24-30-25-26(16-28,12-3-13-33(25)31-24)20-6-8-21(27)9-7-20/h4-11,14-15,17H,3,12-13H2,1-2H3/b11-5+/t26-/m0/s1. The first-order chi connectivity index (χ1) is 16.5. The van der Waals surface area contributed by atoms with E-state index >= 15 is 0 Å². The third-order valence-electron chi connectivity index (χ3n) is 6.14. The molecule has 0 bridgehead atoms. The largest absolute Gasteiger partial charge is 0.495 e. The van der Waals surface area contributed by atoms with Crippen LogP contribution in [0.4, 0.5) is 0 Å². The van der Waals surface area contributed by atoms with Crippen LogP contribution < -0.4 is 4.74 Å². The minimum atomic E-state index is -0.838. The van der Waals surface area contributed by atoms with Gasteiger partial charge in [0.1, 0.15) is 11.2 Å². The van der Waals surface area contributed by atoms with Crippen LogP contribution >= 0.6 is 11.6 Å². The number of aromatic nitrogens is 5. The molecule has 5 rings (SSSR count). The van der Waals surface area contributed by atoms with E-state index in [0.29, 0.717) is 23.1 Å². The molecule has 7 nitrogen and oxygen atoms in total. The summed E-state index contributed by atoms with van der Waals surface area (Å²) in [5.41, 5.74) is 2.86. The Bertz CT molecular complexity index is 1410. The van der Waals surface area contributed by atoms with E-state index in [9.17, 15) is 5.26 Å². The Kier molecular flexibility index (Phi) is 5.68. The maximum atomic E-state index is 10.2. The van der Waals surface area contributed by atoms with Gasteiger partial charge in [-0.15, -0.1) is 0 Å². The van der Waals surface area contributed by atoms with Crippen molar-refractivity contribution in [2.24, 2.45) is 0 Å². The number of hydrogen-bond donors (Lipinski definition) is 0. The van der Waals surface area contributed by atoms with Gasteiger partial charge in [-0.25, -0.2) is 14.6 Å². The summed E-state index contributed by atoms with van der Waals surface area (Å²) >= 11 is 6.07. The van der Waals surface area contributed by atoms with Crippen LogP contribution in [0, 0.1) is 18.3 Å². The number of halogens is 1. The minimum absolute atomic E-state index is 0.568. The summed E-state index contributed by atoms with van der Waals surface area (Å²) in [6.45, 7) is 2.69. The molecule has 2 aromatic heterocycles. The van der Waals surface area contributed by atoms with Gasteiger partial charge in [-0.3, -0.25) is 0 Å². The van der Waals surface area contributed by atoms with Crippen LogP contribution in [-0.2, 0) is 12.0 Å². The van der Waals surface area contributed by atoms with E-state index < -0.39 is 5.41 Å². The Morgan fingerprint density at radius 2 is 2.00 bits per heavy atom. The van der Waals surface area contributed by atoms with Gasteiger partial charge in [0, 0.05) is 17.8 Å². The number of ether oxygens (including phenoxy) is 1. The van der Waals surface area contributed by atoms with Crippen molar-refractivity contribution in [2.45, 2.75) is 31.7 Å². The molecular formula is C26H23ClN6O. The smallest absolute Gasteiger partial charge is 0.174 e. The first-order valence-corrected chi connectivity index (χ1v) is 11.4. The van der Waals surface area contributed by atoms with Crippen LogP contribution in [0.5, 0.6) is 5.75 Å². The van der Waals surface area contributed by atoms with E-state index in [0.717, 1.165) is 41.2 Å². The van der Waals surface area contributed by atoms with Crippen LogP contribution in [0.15, 0.2) is 55.0 Å². The average molecular weight is 471 g/mol. The maximum Gasteiger partial charge on any atom is 0.174 e. The van der Waals surface area contributed by atoms with Crippen molar-refractivity contribution >= 4 is 23.8 Å². The van der Waals surface area contributed by atoms with E-state index in [2.05, 4.69) is 16.2 Å². The first-order valence-electron chi connectivity index (χ1n) is 11.0. The second kappa shape index (κ2) is 8.81. The van der Waals surface area contributed by atoms with E-state index in [-0.39, 0.29) is 0 Å². The number of fused-ring (bicyclic) bond motifs is 1. The molecule has 8 heteroatoms. The zero-order valence-electron chi connectivity index (χ0n) is 18.9. The van der Waals surface area contributed by atoms with Crippen LogP contribution in [0.1, 0.15) is 41.3 Å². The monoisotopic (exact) mass is 470 g/mol. The Morgan fingerprint density at radius 1 is 1.18 bits per heavy atom. The fourth-order valence-corrected chi connectivity index (χ4v) is 4.55. The lowest BCUT2D eigenvalue weighted by Gasteiger charge is -2.30. The lowest BCUT2D eigenvalue weighted by molar-refractivity contribution is 0.393. The predicted molar refractivity (Wildman–Crippen MR) is 131 cm³/mol. The summed E-state index contributed by atoms with van der Waals surface area (Å²) in [4.78, 5) is 9.05. The fraction of sp³-hybridized carbons (Fsp3) is 0.231. The van der Waals surface area contributed by atoms with E-state index in [1.807, 2.05) is 77.0 Å². The van der Waals surface area contributed by atoms with Crippen LogP contribution in [-0.4, -0.2) is 31.4 Å². The highest BCUT2D eigenvalue weighted by molar-refractivity contribution is 6.30. The summed E-state index contributed by atoms with van der Waals surface area (Å²) in [5, 5.41) is 15.5. The molecule has 34 heavy (non-hydrogen) atoms. The van der Waals surface area contributed by atoms with Crippen LogP contribution in [0.2, 0.25) is 5.02 Å². The van der Waals surface area contributed by atoms with Crippen molar-refractivity contribution in [1.82, 2.24) is 24.3 Å². The third-order valence-corrected chi connectivity index (χ3v) is 6.39. The van der Waals surface area contributed by atoms with Gasteiger partial charge in [0.05, 0.1) is 30.9 Å². The zero-order valence-corrected chi connectivity index (χ0v) is 19.7. The number of nitriles is 1.